The molecule has 6 atom stereocenters. The molecule has 2 aliphatic carbocycles. The van der Waals surface area contributed by atoms with Crippen molar-refractivity contribution in [3.05, 3.63) is 12.2 Å². The molecule has 0 amide bonds. The van der Waals surface area contributed by atoms with Crippen LogP contribution in [0.15, 0.2) is 12.2 Å². The first-order chi connectivity index (χ1) is 10.8. The van der Waals surface area contributed by atoms with E-state index in [9.17, 15) is 14.7 Å². The molecular formula is C19H28O4. The predicted octanol–water partition coefficient (Wildman–Crippen LogP) is 3.03. The number of allylic oxidation sites excluding steroid dienone is 2. The topological polar surface area (TPSA) is 63.6 Å². The largest absolute Gasteiger partial charge is 0.462 e. The smallest absolute Gasteiger partial charge is 0.311 e. The summed E-state index contributed by atoms with van der Waals surface area (Å²) in [6.45, 7) is 6.04. The minimum absolute atomic E-state index is 0.0354. The van der Waals surface area contributed by atoms with Crippen molar-refractivity contribution in [2.45, 2.75) is 71.0 Å². The first-order valence-electron chi connectivity index (χ1n) is 8.88. The zero-order valence-corrected chi connectivity index (χ0v) is 14.4. The lowest BCUT2D eigenvalue weighted by molar-refractivity contribution is -0.206. The molecule has 0 radical (unpaired) electrons. The van der Waals surface area contributed by atoms with E-state index >= 15 is 0 Å². The van der Waals surface area contributed by atoms with E-state index < -0.39 is 11.5 Å². The van der Waals surface area contributed by atoms with Gasteiger partial charge in [-0.25, -0.2) is 0 Å². The Morgan fingerprint density at radius 3 is 2.70 bits per heavy atom. The molecule has 2 fully saturated rings. The molecule has 4 heteroatoms. The molecule has 128 valence electrons. The number of esters is 1. The minimum atomic E-state index is -0.962. The number of aliphatic hydroxyl groups is 1. The maximum absolute atomic E-state index is 12.3. The highest BCUT2D eigenvalue weighted by molar-refractivity contribution is 5.89. The SMILES string of the molecule is C[C@@H]1CC(=O)/C=C\CC[C@]2(C)CC[C@@]3(O)[C@@H](C)C(=O)O[C@H](C1)[C@@H]23. The van der Waals surface area contributed by atoms with Crippen molar-refractivity contribution in [1.29, 1.82) is 0 Å². The number of carbonyl (C=O) groups is 2. The van der Waals surface area contributed by atoms with Crippen LogP contribution >= 0.6 is 0 Å². The third kappa shape index (κ3) is 2.75. The second-order valence-electron chi connectivity index (χ2n) is 8.27. The van der Waals surface area contributed by atoms with Crippen LogP contribution < -0.4 is 0 Å². The highest BCUT2D eigenvalue weighted by Crippen LogP contribution is 2.59. The number of hydrogen-bond donors (Lipinski definition) is 1. The summed E-state index contributed by atoms with van der Waals surface area (Å²) in [6, 6.07) is 0. The normalized spacial score (nSPS) is 49.0. The van der Waals surface area contributed by atoms with E-state index in [1.54, 1.807) is 13.0 Å². The molecular weight excluding hydrogens is 292 g/mol. The van der Waals surface area contributed by atoms with Crippen molar-refractivity contribution in [3.8, 4) is 0 Å². The molecule has 1 aliphatic heterocycles. The van der Waals surface area contributed by atoms with Gasteiger partial charge in [0.1, 0.15) is 6.10 Å². The first-order valence-corrected chi connectivity index (χ1v) is 8.88. The number of ether oxygens (including phenoxy) is 1. The molecule has 0 spiro atoms. The molecule has 4 nitrogen and oxygen atoms in total. The van der Waals surface area contributed by atoms with Crippen molar-refractivity contribution in [2.24, 2.45) is 23.2 Å². The maximum Gasteiger partial charge on any atom is 0.311 e. The molecule has 0 unspecified atom stereocenters. The van der Waals surface area contributed by atoms with Crippen molar-refractivity contribution in [1.82, 2.24) is 0 Å². The maximum atomic E-state index is 12.3. The predicted molar refractivity (Wildman–Crippen MR) is 86.6 cm³/mol. The third-order valence-corrected chi connectivity index (χ3v) is 6.50. The van der Waals surface area contributed by atoms with Crippen LogP contribution in [-0.2, 0) is 14.3 Å². The number of carbonyl (C=O) groups excluding carboxylic acids is 2. The highest BCUT2D eigenvalue weighted by atomic mass is 16.5. The summed E-state index contributed by atoms with van der Waals surface area (Å²) in [4.78, 5) is 24.2. The summed E-state index contributed by atoms with van der Waals surface area (Å²) < 4.78 is 5.76. The fourth-order valence-electron chi connectivity index (χ4n) is 5.16. The molecule has 23 heavy (non-hydrogen) atoms. The lowest BCUT2D eigenvalue weighted by Gasteiger charge is -2.49. The fourth-order valence-corrected chi connectivity index (χ4v) is 5.16. The van der Waals surface area contributed by atoms with Crippen LogP contribution in [0.3, 0.4) is 0 Å². The van der Waals surface area contributed by atoms with Gasteiger partial charge in [0.25, 0.3) is 0 Å². The van der Waals surface area contributed by atoms with Crippen molar-refractivity contribution in [2.75, 3.05) is 0 Å². The van der Waals surface area contributed by atoms with E-state index in [4.69, 9.17) is 4.74 Å². The van der Waals surface area contributed by atoms with E-state index in [1.165, 1.54) is 0 Å². The molecule has 0 aromatic heterocycles. The van der Waals surface area contributed by atoms with Crippen LogP contribution in [0.5, 0.6) is 0 Å². The van der Waals surface area contributed by atoms with Crippen LogP contribution in [0.1, 0.15) is 59.3 Å². The first kappa shape index (κ1) is 16.7. The van der Waals surface area contributed by atoms with Gasteiger partial charge in [0.2, 0.25) is 0 Å². The Morgan fingerprint density at radius 2 is 1.96 bits per heavy atom. The van der Waals surface area contributed by atoms with Crippen LogP contribution in [0.25, 0.3) is 0 Å². The molecule has 1 saturated carbocycles. The number of ketones is 1. The molecule has 0 aromatic rings. The fraction of sp³-hybridized carbons (Fsp3) is 0.789. The van der Waals surface area contributed by atoms with E-state index in [-0.39, 0.29) is 35.1 Å². The van der Waals surface area contributed by atoms with E-state index in [0.29, 0.717) is 19.3 Å². The summed E-state index contributed by atoms with van der Waals surface area (Å²) in [7, 11) is 0. The second kappa shape index (κ2) is 5.73. The zero-order chi connectivity index (χ0) is 16.8. The van der Waals surface area contributed by atoms with Gasteiger partial charge in [0.15, 0.2) is 5.78 Å². The molecule has 1 N–H and O–H groups in total. The molecule has 1 heterocycles. The quantitative estimate of drug-likeness (QED) is 0.697. The molecule has 0 aromatic carbocycles. The lowest BCUT2D eigenvalue weighted by Crippen LogP contribution is -2.58. The Hall–Kier alpha value is -1.16. The minimum Gasteiger partial charge on any atom is -0.462 e. The van der Waals surface area contributed by atoms with Gasteiger partial charge in [-0.05, 0) is 56.4 Å². The Kier molecular flexibility index (Phi) is 4.16. The summed E-state index contributed by atoms with van der Waals surface area (Å²) in [5, 5.41) is 11.3. The summed E-state index contributed by atoms with van der Waals surface area (Å²) in [5.74, 6) is -0.509. The van der Waals surface area contributed by atoms with Gasteiger partial charge < -0.3 is 9.84 Å². The van der Waals surface area contributed by atoms with E-state index in [1.807, 2.05) is 13.0 Å². The summed E-state index contributed by atoms with van der Waals surface area (Å²) >= 11 is 0. The van der Waals surface area contributed by atoms with Gasteiger partial charge in [0.05, 0.1) is 11.5 Å². The molecule has 0 bridgehead atoms. The van der Waals surface area contributed by atoms with Gasteiger partial charge in [-0.3, -0.25) is 9.59 Å². The van der Waals surface area contributed by atoms with Gasteiger partial charge in [0, 0.05) is 12.3 Å². The third-order valence-electron chi connectivity index (χ3n) is 6.50. The molecule has 3 rings (SSSR count). The lowest BCUT2D eigenvalue weighted by atomic mass is 9.64. The standard InChI is InChI=1S/C19H28O4/c1-12-10-14(20)6-4-5-7-18(3)8-9-19(22)13(2)17(21)23-15(11-12)16(18)19/h4,6,12-13,15-16,22H,5,7-11H2,1-3H3/b6-4-/t12-,13+,15-,16+,18-,19-/m1/s1. The van der Waals surface area contributed by atoms with Crippen molar-refractivity contribution in [3.63, 3.8) is 0 Å². The van der Waals surface area contributed by atoms with Gasteiger partial charge in [-0.2, -0.15) is 0 Å². The van der Waals surface area contributed by atoms with E-state index in [2.05, 4.69) is 6.92 Å². The average molecular weight is 320 g/mol. The summed E-state index contributed by atoms with van der Waals surface area (Å²) in [6.07, 6.45) is 7.83. The average Bonchev–Trinajstić information content (AvgIpc) is 2.73. The van der Waals surface area contributed by atoms with Gasteiger partial charge in [-0.1, -0.05) is 19.9 Å². The second-order valence-corrected chi connectivity index (χ2v) is 8.27. The Bertz CT molecular complexity index is 539. The Labute approximate surface area is 138 Å². The monoisotopic (exact) mass is 320 g/mol. The zero-order valence-electron chi connectivity index (χ0n) is 14.4. The van der Waals surface area contributed by atoms with Crippen molar-refractivity contribution < 1.29 is 19.4 Å². The van der Waals surface area contributed by atoms with Crippen LogP contribution in [-0.4, -0.2) is 28.6 Å². The number of hydrogen-bond acceptors (Lipinski definition) is 4. The van der Waals surface area contributed by atoms with Crippen LogP contribution in [0.4, 0.5) is 0 Å². The Morgan fingerprint density at radius 1 is 1.22 bits per heavy atom. The Balaban J connectivity index is 1.98. The van der Waals surface area contributed by atoms with Crippen LogP contribution in [0, 0.1) is 23.2 Å². The molecule has 3 aliphatic rings. The van der Waals surface area contributed by atoms with Gasteiger partial charge >= 0.3 is 5.97 Å². The van der Waals surface area contributed by atoms with Crippen LogP contribution in [0.2, 0.25) is 0 Å². The molecule has 1 saturated heterocycles. The number of rotatable bonds is 0. The highest BCUT2D eigenvalue weighted by Gasteiger charge is 2.63. The van der Waals surface area contributed by atoms with Crippen molar-refractivity contribution >= 4 is 11.8 Å². The summed E-state index contributed by atoms with van der Waals surface area (Å²) in [5.41, 5.74) is -1.01. The van der Waals surface area contributed by atoms with E-state index in [0.717, 1.165) is 19.3 Å². The van der Waals surface area contributed by atoms with Gasteiger partial charge in [-0.15, -0.1) is 0 Å².